The highest BCUT2D eigenvalue weighted by atomic mass is 16.1. The van der Waals surface area contributed by atoms with Crippen LogP contribution in [0.1, 0.15) is 29.8 Å². The minimum atomic E-state index is -0.220. The lowest BCUT2D eigenvalue weighted by molar-refractivity contribution is 0.558. The van der Waals surface area contributed by atoms with Crippen molar-refractivity contribution in [3.05, 3.63) is 76.1 Å². The molecule has 8 nitrogen and oxygen atoms in total. The third-order valence-corrected chi connectivity index (χ3v) is 4.61. The van der Waals surface area contributed by atoms with Gasteiger partial charge in [-0.05, 0) is 19.4 Å². The summed E-state index contributed by atoms with van der Waals surface area (Å²) in [5.41, 5.74) is 8.96. The molecular weight excluding hydrogens is 342 g/mol. The van der Waals surface area contributed by atoms with Crippen LogP contribution >= 0.6 is 0 Å². The second kappa shape index (κ2) is 6.64. The topological polar surface area (TPSA) is 105 Å². The van der Waals surface area contributed by atoms with Gasteiger partial charge in [0.05, 0.1) is 29.9 Å². The van der Waals surface area contributed by atoms with Crippen LogP contribution in [0.5, 0.6) is 0 Å². The molecule has 136 valence electrons. The molecule has 0 saturated heterocycles. The van der Waals surface area contributed by atoms with E-state index in [1.54, 1.807) is 16.9 Å². The second-order valence-corrected chi connectivity index (χ2v) is 6.43. The molecule has 0 bridgehead atoms. The molecule has 4 rings (SSSR count). The number of fused-ring (bicyclic) bond motifs is 1. The smallest absolute Gasteiger partial charge is 0.267 e. The van der Waals surface area contributed by atoms with Crippen molar-refractivity contribution in [1.29, 1.82) is 0 Å². The molecule has 1 atom stereocenters. The summed E-state index contributed by atoms with van der Waals surface area (Å²) in [6, 6.07) is 11.1. The predicted octanol–water partition coefficient (Wildman–Crippen LogP) is 1.93. The average Bonchev–Trinajstić information content (AvgIpc) is 3.01. The van der Waals surface area contributed by atoms with Gasteiger partial charge in [-0.2, -0.15) is 10.2 Å². The lowest BCUT2D eigenvalue weighted by atomic mass is 10.1. The van der Waals surface area contributed by atoms with Gasteiger partial charge < -0.3 is 5.73 Å². The van der Waals surface area contributed by atoms with E-state index in [1.165, 1.54) is 11.0 Å². The van der Waals surface area contributed by atoms with Crippen molar-refractivity contribution >= 4 is 16.9 Å². The second-order valence-electron chi connectivity index (χ2n) is 6.43. The van der Waals surface area contributed by atoms with Crippen LogP contribution in [-0.2, 0) is 6.54 Å². The predicted molar refractivity (Wildman–Crippen MR) is 102 cm³/mol. The van der Waals surface area contributed by atoms with Gasteiger partial charge in [0.1, 0.15) is 12.1 Å². The summed E-state index contributed by atoms with van der Waals surface area (Å²) in [5, 5.41) is 9.61. The number of hydrogen-bond acceptors (Lipinski definition) is 6. The van der Waals surface area contributed by atoms with Crippen LogP contribution in [0.3, 0.4) is 0 Å². The number of nitrogen functional groups attached to an aromatic ring is 1. The maximum atomic E-state index is 12.5. The number of hydrogen-bond donors (Lipinski definition) is 1. The van der Waals surface area contributed by atoms with E-state index in [9.17, 15) is 4.79 Å². The molecule has 4 aromatic rings. The van der Waals surface area contributed by atoms with Crippen molar-refractivity contribution in [3.8, 4) is 0 Å². The van der Waals surface area contributed by atoms with Crippen molar-refractivity contribution < 1.29 is 0 Å². The van der Waals surface area contributed by atoms with Gasteiger partial charge >= 0.3 is 0 Å². The molecule has 3 aromatic heterocycles. The van der Waals surface area contributed by atoms with Gasteiger partial charge in [-0.1, -0.05) is 30.3 Å². The molecule has 3 heterocycles. The van der Waals surface area contributed by atoms with Crippen molar-refractivity contribution in [2.45, 2.75) is 26.4 Å². The number of nitrogens with two attached hydrogens (primary N) is 1. The van der Waals surface area contributed by atoms with E-state index >= 15 is 0 Å². The van der Waals surface area contributed by atoms with E-state index < -0.39 is 0 Å². The standard InChI is InChI=1S/C19H19N7O/c1-12-17-18(20)21-11-22-19(17)26(24-12)13(2)15-8-16(27)25(23-9-15)10-14-6-4-3-5-7-14/h3-9,11,13H,10H2,1-2H3,(H2,20,21,22). The zero-order chi connectivity index (χ0) is 19.0. The molecule has 0 aliphatic heterocycles. The van der Waals surface area contributed by atoms with E-state index in [-0.39, 0.29) is 11.6 Å². The number of benzene rings is 1. The van der Waals surface area contributed by atoms with Gasteiger partial charge in [0.2, 0.25) is 0 Å². The molecule has 0 radical (unpaired) electrons. The molecule has 0 fully saturated rings. The zero-order valence-electron chi connectivity index (χ0n) is 15.1. The Labute approximate surface area is 155 Å². The number of nitrogens with zero attached hydrogens (tertiary/aromatic N) is 6. The Balaban J connectivity index is 1.69. The average molecular weight is 361 g/mol. The fourth-order valence-electron chi connectivity index (χ4n) is 3.13. The Bertz CT molecular complexity index is 1160. The Hall–Kier alpha value is -3.55. The Morgan fingerprint density at radius 1 is 1.19 bits per heavy atom. The van der Waals surface area contributed by atoms with Gasteiger partial charge in [0.15, 0.2) is 5.65 Å². The van der Waals surface area contributed by atoms with Crippen LogP contribution in [-0.4, -0.2) is 29.5 Å². The maximum Gasteiger partial charge on any atom is 0.267 e. The molecule has 1 aromatic carbocycles. The Morgan fingerprint density at radius 2 is 1.96 bits per heavy atom. The summed E-state index contributed by atoms with van der Waals surface area (Å²) in [4.78, 5) is 20.9. The van der Waals surface area contributed by atoms with Crippen LogP contribution in [0.15, 0.2) is 53.7 Å². The third-order valence-electron chi connectivity index (χ3n) is 4.61. The minimum Gasteiger partial charge on any atom is -0.383 e. The zero-order valence-corrected chi connectivity index (χ0v) is 15.1. The third kappa shape index (κ3) is 3.05. The molecule has 27 heavy (non-hydrogen) atoms. The van der Waals surface area contributed by atoms with E-state index in [4.69, 9.17) is 5.73 Å². The van der Waals surface area contributed by atoms with E-state index in [1.807, 2.05) is 44.2 Å². The number of aryl methyl sites for hydroxylation is 1. The molecule has 0 amide bonds. The Morgan fingerprint density at radius 3 is 2.70 bits per heavy atom. The number of aromatic nitrogens is 6. The minimum absolute atomic E-state index is 0.162. The summed E-state index contributed by atoms with van der Waals surface area (Å²) in [6.07, 6.45) is 3.11. The van der Waals surface area contributed by atoms with Crippen LogP contribution in [0.25, 0.3) is 11.0 Å². The van der Waals surface area contributed by atoms with Gasteiger partial charge in [0, 0.05) is 11.6 Å². The van der Waals surface area contributed by atoms with Gasteiger partial charge in [0.25, 0.3) is 5.56 Å². The van der Waals surface area contributed by atoms with Crippen LogP contribution in [0.2, 0.25) is 0 Å². The molecular formula is C19H19N7O. The van der Waals surface area contributed by atoms with Crippen molar-refractivity contribution in [2.24, 2.45) is 0 Å². The first-order chi connectivity index (χ1) is 13.0. The van der Waals surface area contributed by atoms with Crippen LogP contribution < -0.4 is 11.3 Å². The number of rotatable bonds is 4. The largest absolute Gasteiger partial charge is 0.383 e. The van der Waals surface area contributed by atoms with Crippen molar-refractivity contribution in [2.75, 3.05) is 5.73 Å². The fourth-order valence-corrected chi connectivity index (χ4v) is 3.13. The molecule has 0 saturated carbocycles. The molecule has 0 aliphatic rings. The van der Waals surface area contributed by atoms with Crippen LogP contribution in [0.4, 0.5) is 5.82 Å². The quantitative estimate of drug-likeness (QED) is 0.595. The lowest BCUT2D eigenvalue weighted by Crippen LogP contribution is -2.24. The molecule has 1 unspecified atom stereocenters. The van der Waals surface area contributed by atoms with Gasteiger partial charge in [-0.25, -0.2) is 19.3 Å². The van der Waals surface area contributed by atoms with E-state index in [0.29, 0.717) is 18.0 Å². The lowest BCUT2D eigenvalue weighted by Gasteiger charge is -2.14. The normalized spacial score (nSPS) is 12.4. The highest BCUT2D eigenvalue weighted by molar-refractivity contribution is 5.88. The van der Waals surface area contributed by atoms with Crippen molar-refractivity contribution in [1.82, 2.24) is 29.5 Å². The Kier molecular flexibility index (Phi) is 4.15. The summed E-state index contributed by atoms with van der Waals surface area (Å²) in [7, 11) is 0. The molecule has 2 N–H and O–H groups in total. The molecule has 0 spiro atoms. The summed E-state index contributed by atoms with van der Waals surface area (Å²) in [6.45, 7) is 4.24. The van der Waals surface area contributed by atoms with Gasteiger partial charge in [-0.15, -0.1) is 0 Å². The molecule has 8 heteroatoms. The first kappa shape index (κ1) is 16.9. The van der Waals surface area contributed by atoms with Gasteiger partial charge in [-0.3, -0.25) is 4.79 Å². The number of anilines is 1. The summed E-state index contributed by atoms with van der Waals surface area (Å²) in [5.74, 6) is 0.396. The highest BCUT2D eigenvalue weighted by Crippen LogP contribution is 2.25. The van der Waals surface area contributed by atoms with E-state index in [0.717, 1.165) is 22.2 Å². The summed E-state index contributed by atoms with van der Waals surface area (Å²) >= 11 is 0. The highest BCUT2D eigenvalue weighted by Gasteiger charge is 2.18. The summed E-state index contributed by atoms with van der Waals surface area (Å²) < 4.78 is 3.19. The molecule has 0 aliphatic carbocycles. The monoisotopic (exact) mass is 361 g/mol. The first-order valence-electron chi connectivity index (χ1n) is 8.61. The fraction of sp³-hybridized carbons (Fsp3) is 0.211. The SMILES string of the molecule is Cc1nn(C(C)c2cnn(Cc3ccccc3)c(=O)c2)c2ncnc(N)c12. The first-order valence-corrected chi connectivity index (χ1v) is 8.61. The maximum absolute atomic E-state index is 12.5. The van der Waals surface area contributed by atoms with Crippen LogP contribution in [0, 0.1) is 6.92 Å². The van der Waals surface area contributed by atoms with E-state index in [2.05, 4.69) is 20.2 Å². The van der Waals surface area contributed by atoms with Crippen molar-refractivity contribution in [3.63, 3.8) is 0 Å².